The number of rotatable bonds is 3. The molecule has 0 atom stereocenters. The first-order valence-electron chi connectivity index (χ1n) is 8.49. The molecule has 2 aliphatic rings. The zero-order valence-electron chi connectivity index (χ0n) is 13.7. The van der Waals surface area contributed by atoms with E-state index in [0.717, 1.165) is 61.2 Å². The number of aliphatic hydroxyl groups excluding tert-OH is 1. The van der Waals surface area contributed by atoms with Gasteiger partial charge in [-0.3, -0.25) is 0 Å². The van der Waals surface area contributed by atoms with Crippen molar-refractivity contribution >= 4 is 11.0 Å². The van der Waals surface area contributed by atoms with Gasteiger partial charge in [0.2, 0.25) is 0 Å². The van der Waals surface area contributed by atoms with Gasteiger partial charge < -0.3 is 15.1 Å². The number of aromatic nitrogens is 3. The van der Waals surface area contributed by atoms with Crippen LogP contribution in [0, 0.1) is 6.92 Å². The van der Waals surface area contributed by atoms with E-state index in [1.54, 1.807) is 0 Å². The number of likely N-dealkylation sites (tertiary alicyclic amines) is 1. The van der Waals surface area contributed by atoms with Gasteiger partial charge in [-0.2, -0.15) is 5.10 Å². The molecule has 2 fully saturated rings. The second-order valence-electron chi connectivity index (χ2n) is 7.05. The molecule has 3 heterocycles. The van der Waals surface area contributed by atoms with Crippen LogP contribution < -0.4 is 0 Å². The summed E-state index contributed by atoms with van der Waals surface area (Å²) in [5.41, 5.74) is 3.18. The van der Waals surface area contributed by atoms with Crippen LogP contribution in [0.3, 0.4) is 0 Å². The Hall–Kier alpha value is -1.50. The SMILES string of the molecule is Cc1nn(C2CCN(C)CC2)c2nc(C3CC3)cc(C(O)O)c12. The van der Waals surface area contributed by atoms with Gasteiger partial charge >= 0.3 is 0 Å². The number of piperidine rings is 1. The molecule has 1 saturated carbocycles. The lowest BCUT2D eigenvalue weighted by Gasteiger charge is -2.29. The molecule has 2 aromatic heterocycles. The lowest BCUT2D eigenvalue weighted by Crippen LogP contribution is -2.32. The predicted octanol–water partition coefficient (Wildman–Crippen LogP) is 1.87. The minimum absolute atomic E-state index is 0.341. The van der Waals surface area contributed by atoms with Crippen molar-refractivity contribution in [3.05, 3.63) is 23.0 Å². The first-order valence-corrected chi connectivity index (χ1v) is 8.49. The van der Waals surface area contributed by atoms with Gasteiger partial charge in [0.15, 0.2) is 11.9 Å². The third kappa shape index (κ3) is 2.65. The normalized spacial score (nSPS) is 20.7. The van der Waals surface area contributed by atoms with E-state index in [-0.39, 0.29) is 0 Å². The Morgan fingerprint density at radius 1 is 1.17 bits per heavy atom. The van der Waals surface area contributed by atoms with Crippen LogP contribution in [-0.2, 0) is 0 Å². The van der Waals surface area contributed by atoms with E-state index in [2.05, 4.69) is 11.9 Å². The van der Waals surface area contributed by atoms with Crippen molar-refractivity contribution in [3.8, 4) is 0 Å². The van der Waals surface area contributed by atoms with E-state index >= 15 is 0 Å². The molecular formula is C17H24N4O2. The zero-order valence-corrected chi connectivity index (χ0v) is 13.7. The molecule has 0 bridgehead atoms. The lowest BCUT2D eigenvalue weighted by atomic mass is 10.0. The molecular weight excluding hydrogens is 292 g/mol. The van der Waals surface area contributed by atoms with Gasteiger partial charge in [-0.15, -0.1) is 0 Å². The van der Waals surface area contributed by atoms with Crippen molar-refractivity contribution < 1.29 is 10.2 Å². The van der Waals surface area contributed by atoms with Crippen molar-refractivity contribution in [3.63, 3.8) is 0 Å². The third-order valence-corrected chi connectivity index (χ3v) is 5.19. The lowest BCUT2D eigenvalue weighted by molar-refractivity contribution is -0.0414. The van der Waals surface area contributed by atoms with Gasteiger partial charge in [-0.25, -0.2) is 9.67 Å². The Morgan fingerprint density at radius 2 is 1.87 bits per heavy atom. The van der Waals surface area contributed by atoms with E-state index in [1.165, 1.54) is 0 Å². The second-order valence-corrected chi connectivity index (χ2v) is 7.05. The minimum Gasteiger partial charge on any atom is -0.364 e. The van der Waals surface area contributed by atoms with Crippen LogP contribution in [0.1, 0.15) is 60.9 Å². The Bertz CT molecular complexity index is 728. The van der Waals surface area contributed by atoms with Crippen LogP contribution in [0.5, 0.6) is 0 Å². The van der Waals surface area contributed by atoms with Gasteiger partial charge in [0, 0.05) is 17.2 Å². The number of hydrogen-bond donors (Lipinski definition) is 2. The fraction of sp³-hybridized carbons (Fsp3) is 0.647. The van der Waals surface area contributed by atoms with E-state index in [9.17, 15) is 10.2 Å². The largest absolute Gasteiger partial charge is 0.364 e. The van der Waals surface area contributed by atoms with E-state index in [4.69, 9.17) is 10.1 Å². The van der Waals surface area contributed by atoms with E-state index in [1.807, 2.05) is 17.7 Å². The number of aliphatic hydroxyl groups is 2. The Morgan fingerprint density at radius 3 is 2.48 bits per heavy atom. The van der Waals surface area contributed by atoms with Gasteiger partial charge in [0.05, 0.1) is 17.1 Å². The molecule has 0 spiro atoms. The number of nitrogens with zero attached hydrogens (tertiary/aromatic N) is 4. The van der Waals surface area contributed by atoms with Gasteiger partial charge in [-0.1, -0.05) is 0 Å². The van der Waals surface area contributed by atoms with Gasteiger partial charge in [-0.05, 0) is 58.8 Å². The predicted molar refractivity (Wildman–Crippen MR) is 87.2 cm³/mol. The summed E-state index contributed by atoms with van der Waals surface area (Å²) in [6.45, 7) is 4.05. The van der Waals surface area contributed by atoms with Crippen molar-refractivity contribution in [1.29, 1.82) is 0 Å². The third-order valence-electron chi connectivity index (χ3n) is 5.19. The smallest absolute Gasteiger partial charge is 0.179 e. The van der Waals surface area contributed by atoms with E-state index < -0.39 is 6.29 Å². The maximum absolute atomic E-state index is 9.81. The summed E-state index contributed by atoms with van der Waals surface area (Å²) < 4.78 is 2.04. The highest BCUT2D eigenvalue weighted by atomic mass is 16.5. The molecule has 2 N–H and O–H groups in total. The van der Waals surface area contributed by atoms with Crippen LogP contribution >= 0.6 is 0 Å². The highest BCUT2D eigenvalue weighted by molar-refractivity contribution is 5.83. The molecule has 0 radical (unpaired) electrons. The molecule has 0 amide bonds. The van der Waals surface area contributed by atoms with Gasteiger partial charge in [0.25, 0.3) is 0 Å². The summed E-state index contributed by atoms with van der Waals surface area (Å²) in [5.74, 6) is 0.470. The summed E-state index contributed by atoms with van der Waals surface area (Å²) in [7, 11) is 2.15. The zero-order chi connectivity index (χ0) is 16.1. The van der Waals surface area contributed by atoms with Crippen LogP contribution in [0.25, 0.3) is 11.0 Å². The maximum atomic E-state index is 9.81. The van der Waals surface area contributed by atoms with Crippen molar-refractivity contribution in [2.45, 2.75) is 50.9 Å². The monoisotopic (exact) mass is 316 g/mol. The molecule has 0 aromatic carbocycles. The second kappa shape index (κ2) is 5.54. The molecule has 23 heavy (non-hydrogen) atoms. The first-order chi connectivity index (χ1) is 11.0. The number of hydrogen-bond acceptors (Lipinski definition) is 5. The molecule has 1 aliphatic carbocycles. The van der Waals surface area contributed by atoms with Crippen LogP contribution in [0.2, 0.25) is 0 Å². The summed E-state index contributed by atoms with van der Waals surface area (Å²) in [6.07, 6.45) is 2.91. The summed E-state index contributed by atoms with van der Waals surface area (Å²) in [5, 5.41) is 25.1. The Labute approximate surface area is 135 Å². The molecule has 4 rings (SSSR count). The fourth-order valence-electron chi connectivity index (χ4n) is 3.65. The van der Waals surface area contributed by atoms with Crippen molar-refractivity contribution in [2.75, 3.05) is 20.1 Å². The van der Waals surface area contributed by atoms with Crippen molar-refractivity contribution in [1.82, 2.24) is 19.7 Å². The topological polar surface area (TPSA) is 74.4 Å². The molecule has 6 nitrogen and oxygen atoms in total. The van der Waals surface area contributed by atoms with Crippen LogP contribution in [0.4, 0.5) is 0 Å². The first kappa shape index (κ1) is 15.1. The quantitative estimate of drug-likeness (QED) is 0.846. The van der Waals surface area contributed by atoms with Gasteiger partial charge in [0.1, 0.15) is 0 Å². The standard InChI is InChI=1S/C17H24N4O2/c1-10-15-13(17(22)23)9-14(11-3-4-11)18-16(15)21(19-10)12-5-7-20(2)8-6-12/h9,11-12,17,22-23H,3-8H2,1-2H3. The molecule has 1 aliphatic heterocycles. The number of fused-ring (bicyclic) bond motifs is 1. The molecule has 1 saturated heterocycles. The minimum atomic E-state index is -1.48. The highest BCUT2D eigenvalue weighted by Crippen LogP contribution is 2.41. The number of pyridine rings is 1. The summed E-state index contributed by atoms with van der Waals surface area (Å²) in [4.78, 5) is 7.19. The average molecular weight is 316 g/mol. The Kier molecular flexibility index (Phi) is 3.63. The number of aryl methyl sites for hydroxylation is 1. The summed E-state index contributed by atoms with van der Waals surface area (Å²) >= 11 is 0. The maximum Gasteiger partial charge on any atom is 0.179 e. The van der Waals surface area contributed by atoms with Crippen LogP contribution in [0.15, 0.2) is 6.07 Å². The van der Waals surface area contributed by atoms with Crippen LogP contribution in [-0.4, -0.2) is 50.0 Å². The molecule has 6 heteroatoms. The fourth-order valence-corrected chi connectivity index (χ4v) is 3.65. The van der Waals surface area contributed by atoms with Crippen molar-refractivity contribution in [2.24, 2.45) is 0 Å². The highest BCUT2D eigenvalue weighted by Gasteiger charge is 2.30. The summed E-state index contributed by atoms with van der Waals surface area (Å²) in [6, 6.07) is 2.20. The van der Waals surface area contributed by atoms with E-state index in [0.29, 0.717) is 17.5 Å². The molecule has 124 valence electrons. The average Bonchev–Trinajstić information content (AvgIpc) is 3.32. The molecule has 2 aromatic rings. The Balaban J connectivity index is 1.85. The molecule has 0 unspecified atom stereocenters.